The molecule has 0 saturated carbocycles. The predicted molar refractivity (Wildman–Crippen MR) is 61.5 cm³/mol. The molecular weight excluding hydrogens is 144 g/mol. The molecule has 72 valence electrons. The van der Waals surface area contributed by atoms with Crippen molar-refractivity contribution in [3.05, 3.63) is 37.0 Å². The Morgan fingerprint density at radius 1 is 1.17 bits per heavy atom. The molecule has 0 aliphatic heterocycles. The summed E-state index contributed by atoms with van der Waals surface area (Å²) in [5.41, 5.74) is 1.32. The molecule has 0 aromatic carbocycles. The molecule has 0 atom stereocenters. The fraction of sp³-hybridized carbons (Fsp3) is 0.500. The highest BCUT2D eigenvalue weighted by molar-refractivity contribution is 5.13. The lowest BCUT2D eigenvalue weighted by molar-refractivity contribution is 1.14. The van der Waals surface area contributed by atoms with E-state index in [1.54, 1.807) is 6.08 Å². The molecular formula is C12H24. The summed E-state index contributed by atoms with van der Waals surface area (Å²) in [5, 5.41) is 0. The van der Waals surface area contributed by atoms with E-state index in [0.29, 0.717) is 0 Å². The first-order chi connectivity index (χ1) is 5.76. The quantitative estimate of drug-likeness (QED) is 0.412. The Morgan fingerprint density at radius 2 is 1.50 bits per heavy atom. The lowest BCUT2D eigenvalue weighted by atomic mass is 10.2. The van der Waals surface area contributed by atoms with Gasteiger partial charge in [-0.05, 0) is 20.3 Å². The maximum absolute atomic E-state index is 3.63. The van der Waals surface area contributed by atoms with Crippen molar-refractivity contribution in [1.29, 1.82) is 0 Å². The highest BCUT2D eigenvalue weighted by atomic mass is 13.8. The van der Waals surface area contributed by atoms with Crippen molar-refractivity contribution >= 4 is 0 Å². The van der Waals surface area contributed by atoms with Crippen molar-refractivity contribution in [3.8, 4) is 0 Å². The molecule has 0 heterocycles. The molecule has 0 fully saturated rings. The SMILES string of the molecule is C=C/C(=C/C)CC.C=CC.CC. The fourth-order valence-electron chi connectivity index (χ4n) is 0.466. The van der Waals surface area contributed by atoms with Crippen LogP contribution < -0.4 is 0 Å². The van der Waals surface area contributed by atoms with Gasteiger partial charge in [0.25, 0.3) is 0 Å². The van der Waals surface area contributed by atoms with Crippen LogP contribution in [0.1, 0.15) is 41.0 Å². The van der Waals surface area contributed by atoms with Crippen LogP contribution in [0.2, 0.25) is 0 Å². The Balaban J connectivity index is -0.000000137. The lowest BCUT2D eigenvalue weighted by Gasteiger charge is -1.88. The molecule has 0 aliphatic carbocycles. The smallest absolute Gasteiger partial charge is 0.0311 e. The van der Waals surface area contributed by atoms with Crippen molar-refractivity contribution in [2.24, 2.45) is 0 Å². The number of rotatable bonds is 2. The summed E-state index contributed by atoms with van der Waals surface area (Å²) in [6.07, 6.45) is 6.81. The van der Waals surface area contributed by atoms with Gasteiger partial charge in [0.1, 0.15) is 0 Å². The van der Waals surface area contributed by atoms with Gasteiger partial charge < -0.3 is 0 Å². The third-order valence-corrected chi connectivity index (χ3v) is 1.04. The molecule has 0 saturated heterocycles. The van der Waals surface area contributed by atoms with E-state index >= 15 is 0 Å². The van der Waals surface area contributed by atoms with Gasteiger partial charge in [0.15, 0.2) is 0 Å². The van der Waals surface area contributed by atoms with Crippen molar-refractivity contribution in [1.82, 2.24) is 0 Å². The average molecular weight is 168 g/mol. The fourth-order valence-corrected chi connectivity index (χ4v) is 0.466. The predicted octanol–water partition coefficient (Wildman–Crippen LogP) is 4.75. The summed E-state index contributed by atoms with van der Waals surface area (Å²) in [6, 6.07) is 0. The Kier molecular flexibility index (Phi) is 32.5. The van der Waals surface area contributed by atoms with Crippen LogP contribution in [0.25, 0.3) is 0 Å². The summed E-state index contributed by atoms with van der Waals surface area (Å²) in [4.78, 5) is 0. The van der Waals surface area contributed by atoms with Gasteiger partial charge in [0.05, 0.1) is 0 Å². The standard InChI is InChI=1S/C7H12.C3H6.C2H6/c1-4-7(5-2)6-3;1-3-2;1-2/h4-5H,1,6H2,2-3H3;3H,1H2,2H3;1-2H3/b7-5-;;. The van der Waals surface area contributed by atoms with Gasteiger partial charge in [-0.2, -0.15) is 0 Å². The molecule has 0 aliphatic rings. The molecule has 0 bridgehead atoms. The highest BCUT2D eigenvalue weighted by Gasteiger charge is 1.77. The van der Waals surface area contributed by atoms with E-state index < -0.39 is 0 Å². The van der Waals surface area contributed by atoms with Gasteiger partial charge in [-0.1, -0.05) is 51.2 Å². The second-order valence-corrected chi connectivity index (χ2v) is 1.83. The second-order valence-electron chi connectivity index (χ2n) is 1.83. The molecule has 0 aromatic rings. The molecule has 0 amide bonds. The zero-order chi connectivity index (χ0) is 10.4. The zero-order valence-corrected chi connectivity index (χ0v) is 9.35. The van der Waals surface area contributed by atoms with Crippen LogP contribution in [0.5, 0.6) is 0 Å². The Labute approximate surface area is 78.7 Å². The van der Waals surface area contributed by atoms with Crippen LogP contribution in [0.3, 0.4) is 0 Å². The van der Waals surface area contributed by atoms with E-state index in [-0.39, 0.29) is 0 Å². The van der Waals surface area contributed by atoms with E-state index in [4.69, 9.17) is 0 Å². The summed E-state index contributed by atoms with van der Waals surface area (Å²) in [7, 11) is 0. The minimum absolute atomic E-state index is 1.10. The van der Waals surface area contributed by atoms with Gasteiger partial charge in [-0.25, -0.2) is 0 Å². The van der Waals surface area contributed by atoms with E-state index in [0.717, 1.165) is 6.42 Å². The van der Waals surface area contributed by atoms with Gasteiger partial charge in [-0.3, -0.25) is 0 Å². The van der Waals surface area contributed by atoms with E-state index in [1.165, 1.54) is 5.57 Å². The molecule has 0 N–H and O–H groups in total. The lowest BCUT2D eigenvalue weighted by Crippen LogP contribution is -1.67. The average Bonchev–Trinajstić information content (AvgIpc) is 2.12. The Bertz CT molecular complexity index is 107. The topological polar surface area (TPSA) is 0 Å². The van der Waals surface area contributed by atoms with Crippen molar-refractivity contribution in [3.63, 3.8) is 0 Å². The van der Waals surface area contributed by atoms with Crippen LogP contribution in [0.15, 0.2) is 37.0 Å². The largest absolute Gasteiger partial charge is 0.103 e. The third kappa shape index (κ3) is 22.9. The van der Waals surface area contributed by atoms with Gasteiger partial charge in [-0.15, -0.1) is 6.58 Å². The van der Waals surface area contributed by atoms with E-state index in [9.17, 15) is 0 Å². The van der Waals surface area contributed by atoms with Crippen LogP contribution in [0, 0.1) is 0 Å². The zero-order valence-electron chi connectivity index (χ0n) is 9.35. The summed E-state index contributed by atoms with van der Waals surface area (Å²) in [6.45, 7) is 17.0. The van der Waals surface area contributed by atoms with Crippen molar-refractivity contribution in [2.45, 2.75) is 41.0 Å². The molecule has 0 aromatic heterocycles. The van der Waals surface area contributed by atoms with E-state index in [1.807, 2.05) is 33.8 Å². The number of allylic oxidation sites excluding steroid dienone is 4. The second kappa shape index (κ2) is 22.5. The van der Waals surface area contributed by atoms with Crippen LogP contribution in [-0.4, -0.2) is 0 Å². The minimum atomic E-state index is 1.10. The van der Waals surface area contributed by atoms with Gasteiger partial charge in [0.2, 0.25) is 0 Å². The Morgan fingerprint density at radius 3 is 1.50 bits per heavy atom. The monoisotopic (exact) mass is 168 g/mol. The van der Waals surface area contributed by atoms with Crippen LogP contribution in [-0.2, 0) is 0 Å². The minimum Gasteiger partial charge on any atom is -0.103 e. The number of hydrogen-bond donors (Lipinski definition) is 0. The van der Waals surface area contributed by atoms with E-state index in [2.05, 4.69) is 26.2 Å². The maximum Gasteiger partial charge on any atom is -0.0311 e. The summed E-state index contributed by atoms with van der Waals surface area (Å²) < 4.78 is 0. The van der Waals surface area contributed by atoms with Crippen molar-refractivity contribution < 1.29 is 0 Å². The highest BCUT2D eigenvalue weighted by Crippen LogP contribution is 1.98. The summed E-state index contributed by atoms with van der Waals surface area (Å²) >= 11 is 0. The summed E-state index contributed by atoms with van der Waals surface area (Å²) in [5.74, 6) is 0. The molecule has 0 unspecified atom stereocenters. The van der Waals surface area contributed by atoms with Gasteiger partial charge >= 0.3 is 0 Å². The first-order valence-corrected chi connectivity index (χ1v) is 4.61. The molecule has 0 heteroatoms. The number of hydrogen-bond acceptors (Lipinski definition) is 0. The molecule has 12 heavy (non-hydrogen) atoms. The normalized spacial score (nSPS) is 8.25. The van der Waals surface area contributed by atoms with Crippen molar-refractivity contribution in [2.75, 3.05) is 0 Å². The molecule has 0 rings (SSSR count). The van der Waals surface area contributed by atoms with Gasteiger partial charge in [0, 0.05) is 0 Å². The first-order valence-electron chi connectivity index (χ1n) is 4.61. The molecule has 0 spiro atoms. The van der Waals surface area contributed by atoms with Crippen LogP contribution in [0.4, 0.5) is 0 Å². The first kappa shape index (κ1) is 17.3. The molecule has 0 nitrogen and oxygen atoms in total. The maximum atomic E-state index is 3.63. The van der Waals surface area contributed by atoms with Crippen LogP contribution >= 0.6 is 0 Å². The molecule has 0 radical (unpaired) electrons. The Hall–Kier alpha value is -0.780. The third-order valence-electron chi connectivity index (χ3n) is 1.04.